The standard InChI is InChI=1S/C12H16F3N3O/c1-2-9(7-11(16)18-19)17-10-5-3-4-8(6-10)12(13,14)15/h3-6,9,17,19H,2,7H2,1H3,(H2,16,18). The average Bonchev–Trinajstić information content (AvgIpc) is 2.37. The molecular weight excluding hydrogens is 259 g/mol. The third-order valence-electron chi connectivity index (χ3n) is 2.64. The van der Waals surface area contributed by atoms with Crippen LogP contribution in [0.25, 0.3) is 0 Å². The molecule has 4 nitrogen and oxygen atoms in total. The number of nitrogens with two attached hydrogens (primary N) is 1. The van der Waals surface area contributed by atoms with Gasteiger partial charge in [0.25, 0.3) is 0 Å². The van der Waals surface area contributed by atoms with Crippen LogP contribution in [0.15, 0.2) is 29.4 Å². The van der Waals surface area contributed by atoms with Crippen molar-refractivity contribution in [3.05, 3.63) is 29.8 Å². The normalized spacial score (nSPS) is 14.2. The van der Waals surface area contributed by atoms with Crippen molar-refractivity contribution in [3.8, 4) is 0 Å². The number of alkyl halides is 3. The average molecular weight is 275 g/mol. The van der Waals surface area contributed by atoms with Crippen LogP contribution in [0.5, 0.6) is 0 Å². The van der Waals surface area contributed by atoms with Gasteiger partial charge < -0.3 is 16.3 Å². The molecule has 0 aliphatic heterocycles. The molecule has 0 aliphatic carbocycles. The third-order valence-corrected chi connectivity index (χ3v) is 2.64. The van der Waals surface area contributed by atoms with Gasteiger partial charge in [-0.2, -0.15) is 13.2 Å². The van der Waals surface area contributed by atoms with Gasteiger partial charge in [0, 0.05) is 18.2 Å². The Kier molecular flexibility index (Phi) is 5.02. The molecule has 0 spiro atoms. The molecule has 1 rings (SSSR count). The van der Waals surface area contributed by atoms with Crippen molar-refractivity contribution in [1.82, 2.24) is 0 Å². The van der Waals surface area contributed by atoms with Crippen LogP contribution in [0.1, 0.15) is 25.3 Å². The maximum atomic E-state index is 12.6. The topological polar surface area (TPSA) is 70.6 Å². The van der Waals surface area contributed by atoms with Gasteiger partial charge in [-0.1, -0.05) is 18.1 Å². The Morgan fingerprint density at radius 2 is 2.16 bits per heavy atom. The molecule has 0 amide bonds. The van der Waals surface area contributed by atoms with E-state index in [1.165, 1.54) is 6.07 Å². The summed E-state index contributed by atoms with van der Waals surface area (Å²) in [7, 11) is 0. The van der Waals surface area contributed by atoms with E-state index in [9.17, 15) is 13.2 Å². The van der Waals surface area contributed by atoms with Crippen molar-refractivity contribution in [1.29, 1.82) is 0 Å². The Hall–Kier alpha value is -1.92. The van der Waals surface area contributed by atoms with E-state index < -0.39 is 11.7 Å². The highest BCUT2D eigenvalue weighted by atomic mass is 19.4. The SMILES string of the molecule is CCC(CC(N)=NO)Nc1cccc(C(F)(F)F)c1. The lowest BCUT2D eigenvalue weighted by molar-refractivity contribution is -0.137. The molecule has 0 fully saturated rings. The number of nitrogens with one attached hydrogen (secondary N) is 1. The molecule has 0 aromatic heterocycles. The number of anilines is 1. The molecule has 1 atom stereocenters. The molecule has 0 aliphatic rings. The summed E-state index contributed by atoms with van der Waals surface area (Å²) in [6.07, 6.45) is -3.49. The summed E-state index contributed by atoms with van der Waals surface area (Å²) >= 11 is 0. The predicted octanol–water partition coefficient (Wildman–Crippen LogP) is 3.03. The van der Waals surface area contributed by atoms with E-state index in [0.29, 0.717) is 12.1 Å². The summed E-state index contributed by atoms with van der Waals surface area (Å²) in [5, 5.41) is 14.3. The summed E-state index contributed by atoms with van der Waals surface area (Å²) in [4.78, 5) is 0. The quantitative estimate of drug-likeness (QED) is 0.335. The molecule has 0 saturated heterocycles. The largest absolute Gasteiger partial charge is 0.416 e. The van der Waals surface area contributed by atoms with Gasteiger partial charge in [0.05, 0.1) is 5.56 Å². The maximum Gasteiger partial charge on any atom is 0.416 e. The minimum atomic E-state index is -4.37. The molecule has 1 unspecified atom stereocenters. The summed E-state index contributed by atoms with van der Waals surface area (Å²) < 4.78 is 37.7. The molecule has 19 heavy (non-hydrogen) atoms. The molecule has 1 aromatic carbocycles. The monoisotopic (exact) mass is 275 g/mol. The van der Waals surface area contributed by atoms with E-state index in [-0.39, 0.29) is 18.3 Å². The van der Waals surface area contributed by atoms with Crippen LogP contribution in [0, 0.1) is 0 Å². The first-order chi connectivity index (χ1) is 8.86. The molecular formula is C12H16F3N3O. The fraction of sp³-hybridized carbons (Fsp3) is 0.417. The first kappa shape index (κ1) is 15.1. The number of rotatable bonds is 5. The highest BCUT2D eigenvalue weighted by Gasteiger charge is 2.30. The lowest BCUT2D eigenvalue weighted by Crippen LogP contribution is -2.26. The van der Waals surface area contributed by atoms with Crippen molar-refractivity contribution in [3.63, 3.8) is 0 Å². The predicted molar refractivity (Wildman–Crippen MR) is 67.2 cm³/mol. The molecule has 0 heterocycles. The fourth-order valence-electron chi connectivity index (χ4n) is 1.61. The highest BCUT2D eigenvalue weighted by molar-refractivity contribution is 5.80. The van der Waals surface area contributed by atoms with E-state index in [2.05, 4.69) is 10.5 Å². The number of benzene rings is 1. The first-order valence-electron chi connectivity index (χ1n) is 5.77. The van der Waals surface area contributed by atoms with E-state index >= 15 is 0 Å². The van der Waals surface area contributed by atoms with Gasteiger partial charge in [-0.3, -0.25) is 0 Å². The van der Waals surface area contributed by atoms with Gasteiger partial charge in [-0.05, 0) is 24.6 Å². The van der Waals surface area contributed by atoms with Crippen LogP contribution in [0.4, 0.5) is 18.9 Å². The fourth-order valence-corrected chi connectivity index (χ4v) is 1.61. The summed E-state index contributed by atoms with van der Waals surface area (Å²) in [6.45, 7) is 1.86. The number of amidine groups is 1. The summed E-state index contributed by atoms with van der Waals surface area (Å²) in [5.74, 6) is 0.0336. The molecule has 106 valence electrons. The van der Waals surface area contributed by atoms with Crippen molar-refractivity contribution in [2.45, 2.75) is 32.0 Å². The number of nitrogens with zero attached hydrogens (tertiary/aromatic N) is 1. The Morgan fingerprint density at radius 3 is 2.68 bits per heavy atom. The molecule has 0 radical (unpaired) electrons. The third kappa shape index (κ3) is 4.69. The minimum Gasteiger partial charge on any atom is -0.409 e. The Bertz CT molecular complexity index is 446. The van der Waals surface area contributed by atoms with Gasteiger partial charge in [0.2, 0.25) is 0 Å². The van der Waals surface area contributed by atoms with Gasteiger partial charge in [0.1, 0.15) is 5.84 Å². The smallest absolute Gasteiger partial charge is 0.409 e. The lowest BCUT2D eigenvalue weighted by atomic mass is 10.1. The second kappa shape index (κ2) is 6.31. The van der Waals surface area contributed by atoms with Gasteiger partial charge in [-0.25, -0.2) is 0 Å². The van der Waals surface area contributed by atoms with Crippen LogP contribution in [0.2, 0.25) is 0 Å². The molecule has 1 aromatic rings. The van der Waals surface area contributed by atoms with Crippen LogP contribution < -0.4 is 11.1 Å². The zero-order valence-electron chi connectivity index (χ0n) is 10.4. The Labute approximate surface area is 109 Å². The number of oxime groups is 1. The van der Waals surface area contributed by atoms with Crippen molar-refractivity contribution < 1.29 is 18.4 Å². The first-order valence-corrected chi connectivity index (χ1v) is 5.77. The van der Waals surface area contributed by atoms with Gasteiger partial charge >= 0.3 is 6.18 Å². The summed E-state index contributed by atoms with van der Waals surface area (Å²) in [6, 6.07) is 4.73. The maximum absolute atomic E-state index is 12.6. The van der Waals surface area contributed by atoms with Crippen LogP contribution in [-0.2, 0) is 6.18 Å². The molecule has 7 heteroatoms. The number of halogens is 3. The van der Waals surface area contributed by atoms with E-state index in [1.807, 2.05) is 6.92 Å². The molecule has 0 saturated carbocycles. The van der Waals surface area contributed by atoms with Gasteiger partial charge in [-0.15, -0.1) is 0 Å². The Balaban J connectivity index is 2.80. The van der Waals surface area contributed by atoms with Crippen molar-refractivity contribution in [2.24, 2.45) is 10.9 Å². The number of hydrogen-bond donors (Lipinski definition) is 3. The van der Waals surface area contributed by atoms with E-state index in [0.717, 1.165) is 12.1 Å². The molecule has 0 bridgehead atoms. The zero-order valence-corrected chi connectivity index (χ0v) is 10.4. The zero-order chi connectivity index (χ0) is 14.5. The second-order valence-electron chi connectivity index (χ2n) is 4.12. The summed E-state index contributed by atoms with van der Waals surface area (Å²) in [5.41, 5.74) is 5.02. The minimum absolute atomic E-state index is 0.0336. The van der Waals surface area contributed by atoms with E-state index in [4.69, 9.17) is 10.9 Å². The highest BCUT2D eigenvalue weighted by Crippen LogP contribution is 2.30. The Morgan fingerprint density at radius 1 is 1.47 bits per heavy atom. The van der Waals surface area contributed by atoms with Crippen LogP contribution in [0.3, 0.4) is 0 Å². The lowest BCUT2D eigenvalue weighted by Gasteiger charge is -2.18. The van der Waals surface area contributed by atoms with Crippen molar-refractivity contribution in [2.75, 3.05) is 5.32 Å². The second-order valence-corrected chi connectivity index (χ2v) is 4.12. The van der Waals surface area contributed by atoms with E-state index in [1.54, 1.807) is 6.07 Å². The molecule has 4 N–H and O–H groups in total. The number of hydrogen-bond acceptors (Lipinski definition) is 3. The van der Waals surface area contributed by atoms with Crippen LogP contribution in [-0.4, -0.2) is 17.1 Å². The van der Waals surface area contributed by atoms with Crippen LogP contribution >= 0.6 is 0 Å². The van der Waals surface area contributed by atoms with Gasteiger partial charge in [0.15, 0.2) is 0 Å². The van der Waals surface area contributed by atoms with Crippen molar-refractivity contribution >= 4 is 11.5 Å².